The van der Waals surface area contributed by atoms with Gasteiger partial charge in [0.25, 0.3) is 0 Å². The third-order valence-corrected chi connectivity index (χ3v) is 6.66. The summed E-state index contributed by atoms with van der Waals surface area (Å²) in [6, 6.07) is 13.5. The number of halogens is 3. The second-order valence-electron chi connectivity index (χ2n) is 9.56. The van der Waals surface area contributed by atoms with Gasteiger partial charge in [0.05, 0.1) is 11.1 Å². The standard InChI is InChI=1S/C27H28F3N9O/c1-38-11-13-39(14-12-38)16-18-6-9-20(15-22(18)27(28,29)30)34-26(40)33-19-7-4-17(5-8-19)24-35-25(37-36-24)21-3-2-10-32-23(21)31/h2-10,15H,11-14,16H2,1H3,(H2,31,32)(H2,33,34,40)(H,35,36,37). The fourth-order valence-electron chi connectivity index (χ4n) is 4.44. The van der Waals surface area contributed by atoms with Crippen molar-refractivity contribution in [3.05, 3.63) is 71.9 Å². The third kappa shape index (κ3) is 6.38. The molecule has 10 nitrogen and oxygen atoms in total. The molecular formula is C27H28F3N9O. The first-order valence-corrected chi connectivity index (χ1v) is 12.6. The van der Waals surface area contributed by atoms with Crippen molar-refractivity contribution >= 4 is 23.2 Å². The maximum atomic E-state index is 13.8. The van der Waals surface area contributed by atoms with E-state index in [0.29, 0.717) is 47.4 Å². The molecule has 40 heavy (non-hydrogen) atoms. The Morgan fingerprint density at radius 3 is 2.35 bits per heavy atom. The molecule has 13 heteroatoms. The molecule has 1 aliphatic heterocycles. The second-order valence-corrected chi connectivity index (χ2v) is 9.56. The van der Waals surface area contributed by atoms with Crippen LogP contribution in [0.25, 0.3) is 22.8 Å². The number of hydrogen-bond acceptors (Lipinski definition) is 7. The predicted molar refractivity (Wildman–Crippen MR) is 146 cm³/mol. The summed E-state index contributed by atoms with van der Waals surface area (Å²) in [5.41, 5.74) is 7.14. The molecule has 5 rings (SSSR count). The molecule has 0 saturated carbocycles. The van der Waals surface area contributed by atoms with E-state index in [2.05, 4.69) is 35.7 Å². The van der Waals surface area contributed by atoms with Crippen LogP contribution in [-0.2, 0) is 12.7 Å². The Bertz CT molecular complexity index is 1480. The zero-order chi connectivity index (χ0) is 28.3. The van der Waals surface area contributed by atoms with Crippen molar-refractivity contribution in [2.24, 2.45) is 0 Å². The number of carbonyl (C=O) groups is 1. The van der Waals surface area contributed by atoms with Crippen LogP contribution in [0.1, 0.15) is 11.1 Å². The zero-order valence-electron chi connectivity index (χ0n) is 21.7. The highest BCUT2D eigenvalue weighted by atomic mass is 19.4. The van der Waals surface area contributed by atoms with Crippen LogP contribution in [0.4, 0.5) is 35.2 Å². The summed E-state index contributed by atoms with van der Waals surface area (Å²) in [5, 5.41) is 13.4. The zero-order valence-corrected chi connectivity index (χ0v) is 21.7. The van der Waals surface area contributed by atoms with Crippen LogP contribution in [0.15, 0.2) is 60.8 Å². The van der Waals surface area contributed by atoms with Crippen molar-refractivity contribution in [3.63, 3.8) is 0 Å². The van der Waals surface area contributed by atoms with Crippen LogP contribution in [-0.4, -0.2) is 69.2 Å². The molecule has 2 amide bonds. The van der Waals surface area contributed by atoms with Crippen molar-refractivity contribution < 1.29 is 18.0 Å². The SMILES string of the molecule is CN1CCN(Cc2ccc(NC(=O)Nc3ccc(-c4nnc(-c5cccnc5N)[nH]4)cc3)cc2C(F)(F)F)CC1. The Morgan fingerprint density at radius 1 is 0.975 bits per heavy atom. The molecule has 1 saturated heterocycles. The number of pyridine rings is 1. The van der Waals surface area contributed by atoms with Gasteiger partial charge in [-0.15, -0.1) is 10.2 Å². The van der Waals surface area contributed by atoms with Gasteiger partial charge in [0.2, 0.25) is 0 Å². The number of urea groups is 1. The van der Waals surface area contributed by atoms with Crippen molar-refractivity contribution in [2.75, 3.05) is 49.6 Å². The molecule has 5 N–H and O–H groups in total. The van der Waals surface area contributed by atoms with Crippen LogP contribution in [0.3, 0.4) is 0 Å². The van der Waals surface area contributed by atoms with E-state index in [4.69, 9.17) is 5.73 Å². The molecule has 4 aromatic rings. The van der Waals surface area contributed by atoms with Gasteiger partial charge in [-0.25, -0.2) is 9.78 Å². The molecule has 1 aliphatic rings. The topological polar surface area (TPSA) is 128 Å². The molecule has 3 heterocycles. The third-order valence-electron chi connectivity index (χ3n) is 6.66. The van der Waals surface area contributed by atoms with Crippen LogP contribution >= 0.6 is 0 Å². The highest BCUT2D eigenvalue weighted by Crippen LogP contribution is 2.34. The van der Waals surface area contributed by atoms with E-state index < -0.39 is 17.8 Å². The molecule has 2 aromatic heterocycles. The fourth-order valence-corrected chi connectivity index (χ4v) is 4.44. The van der Waals surface area contributed by atoms with Crippen molar-refractivity contribution in [3.8, 4) is 22.8 Å². The van der Waals surface area contributed by atoms with E-state index in [0.717, 1.165) is 19.2 Å². The number of nitrogens with zero attached hydrogens (tertiary/aromatic N) is 5. The molecule has 0 radical (unpaired) electrons. The summed E-state index contributed by atoms with van der Waals surface area (Å²) < 4.78 is 41.5. The van der Waals surface area contributed by atoms with Gasteiger partial charge in [-0.2, -0.15) is 13.2 Å². The largest absolute Gasteiger partial charge is 0.416 e. The Kier molecular flexibility index (Phi) is 7.67. The lowest BCUT2D eigenvalue weighted by Crippen LogP contribution is -2.44. The van der Waals surface area contributed by atoms with Crippen molar-refractivity contribution in [2.45, 2.75) is 12.7 Å². The number of hydrogen-bond donors (Lipinski definition) is 4. The van der Waals surface area contributed by atoms with Gasteiger partial charge in [-0.3, -0.25) is 4.90 Å². The van der Waals surface area contributed by atoms with E-state index in [1.807, 2.05) is 11.9 Å². The molecule has 0 aliphatic carbocycles. The molecule has 0 unspecified atom stereocenters. The Morgan fingerprint density at radius 2 is 1.65 bits per heavy atom. The minimum absolute atomic E-state index is 0.0486. The smallest absolute Gasteiger partial charge is 0.383 e. The lowest BCUT2D eigenvalue weighted by Gasteiger charge is -2.33. The number of alkyl halides is 3. The van der Waals surface area contributed by atoms with Crippen LogP contribution in [0.2, 0.25) is 0 Å². The molecule has 0 atom stereocenters. The minimum atomic E-state index is -4.55. The fraction of sp³-hybridized carbons (Fsp3) is 0.259. The maximum absolute atomic E-state index is 13.8. The van der Waals surface area contributed by atoms with E-state index in [1.54, 1.807) is 42.6 Å². The van der Waals surface area contributed by atoms with Crippen LogP contribution in [0.5, 0.6) is 0 Å². The summed E-state index contributed by atoms with van der Waals surface area (Å²) in [4.78, 5) is 23.8. The van der Waals surface area contributed by atoms with Gasteiger partial charge < -0.3 is 26.3 Å². The monoisotopic (exact) mass is 551 g/mol. The van der Waals surface area contributed by atoms with Crippen LogP contribution in [0, 0.1) is 0 Å². The number of aromatic nitrogens is 4. The van der Waals surface area contributed by atoms with Gasteiger partial charge in [-0.1, -0.05) is 6.07 Å². The number of benzene rings is 2. The van der Waals surface area contributed by atoms with Gasteiger partial charge in [0.1, 0.15) is 5.82 Å². The number of piperazine rings is 1. The van der Waals surface area contributed by atoms with Gasteiger partial charge in [0.15, 0.2) is 11.6 Å². The molecule has 208 valence electrons. The molecular weight excluding hydrogens is 523 g/mol. The Balaban J connectivity index is 1.23. The van der Waals surface area contributed by atoms with Gasteiger partial charge in [-0.05, 0) is 61.1 Å². The van der Waals surface area contributed by atoms with E-state index in [9.17, 15) is 18.0 Å². The van der Waals surface area contributed by atoms with Gasteiger partial charge >= 0.3 is 12.2 Å². The Labute approximate surface area is 228 Å². The second kappa shape index (κ2) is 11.3. The van der Waals surface area contributed by atoms with Crippen molar-refractivity contribution in [1.82, 2.24) is 30.0 Å². The summed E-state index contributed by atoms with van der Waals surface area (Å²) in [5.74, 6) is 1.28. The number of likely N-dealkylation sites (N-methyl/N-ethyl adjacent to an activating group) is 1. The summed E-state index contributed by atoms with van der Waals surface area (Å²) in [7, 11) is 1.99. The van der Waals surface area contributed by atoms with E-state index in [1.165, 1.54) is 12.1 Å². The average Bonchev–Trinajstić information content (AvgIpc) is 3.41. The predicted octanol–water partition coefficient (Wildman–Crippen LogP) is 4.53. The van der Waals surface area contributed by atoms with Crippen molar-refractivity contribution in [1.29, 1.82) is 0 Å². The number of aromatic amines is 1. The number of nitrogen functional groups attached to an aromatic ring is 1. The number of amides is 2. The number of rotatable bonds is 6. The first-order valence-electron chi connectivity index (χ1n) is 12.6. The first kappa shape index (κ1) is 27.1. The normalized spacial score (nSPS) is 14.7. The number of anilines is 3. The van der Waals surface area contributed by atoms with Gasteiger partial charge in [0, 0.05) is 55.9 Å². The highest BCUT2D eigenvalue weighted by Gasteiger charge is 2.34. The molecule has 2 aromatic carbocycles. The summed E-state index contributed by atoms with van der Waals surface area (Å²) in [6.45, 7) is 3.21. The summed E-state index contributed by atoms with van der Waals surface area (Å²) >= 11 is 0. The number of H-pyrrole nitrogens is 1. The van der Waals surface area contributed by atoms with E-state index >= 15 is 0 Å². The molecule has 0 spiro atoms. The quantitative estimate of drug-likeness (QED) is 0.277. The van der Waals surface area contributed by atoms with E-state index in [-0.39, 0.29) is 17.8 Å². The highest BCUT2D eigenvalue weighted by molar-refractivity contribution is 6.00. The molecule has 1 fully saturated rings. The maximum Gasteiger partial charge on any atom is 0.416 e. The molecule has 0 bridgehead atoms. The summed E-state index contributed by atoms with van der Waals surface area (Å²) in [6.07, 6.45) is -2.97. The Hall–Kier alpha value is -4.49. The van der Waals surface area contributed by atoms with Crippen LogP contribution < -0.4 is 16.4 Å². The number of nitrogens with two attached hydrogens (primary N) is 1. The number of carbonyl (C=O) groups excluding carboxylic acids is 1. The lowest BCUT2D eigenvalue weighted by molar-refractivity contribution is -0.138. The average molecular weight is 552 g/mol. The minimum Gasteiger partial charge on any atom is -0.383 e. The number of nitrogens with one attached hydrogen (secondary N) is 3. The lowest BCUT2D eigenvalue weighted by atomic mass is 10.0. The first-order chi connectivity index (χ1) is 19.2.